The summed E-state index contributed by atoms with van der Waals surface area (Å²) >= 11 is -4.76. The molecule has 1 aliphatic rings. The molecule has 4 N–H and O–H groups in total. The maximum atomic E-state index is 11.2. The molecule has 0 spiro atoms. The number of benzene rings is 1. The van der Waals surface area contributed by atoms with E-state index in [9.17, 15) is 13.6 Å². The summed E-state index contributed by atoms with van der Waals surface area (Å²) < 4.78 is 23.8. The van der Waals surface area contributed by atoms with E-state index in [1.807, 2.05) is 32.1 Å². The third-order valence-electron chi connectivity index (χ3n) is 3.47. The van der Waals surface area contributed by atoms with Gasteiger partial charge in [-0.15, -0.1) is 0 Å². The first-order chi connectivity index (χ1) is 11.1. The van der Waals surface area contributed by atoms with Crippen LogP contribution < -0.4 is 9.67 Å². The van der Waals surface area contributed by atoms with E-state index in [0.717, 1.165) is 12.0 Å². The molecule has 24 heavy (non-hydrogen) atoms. The Hall–Kier alpha value is -1.63. The number of carbonyl (C=O) groups excluding carboxylic acids is 1. The van der Waals surface area contributed by atoms with E-state index < -0.39 is 19.8 Å². The fourth-order valence-electron chi connectivity index (χ4n) is 1.83. The van der Waals surface area contributed by atoms with E-state index in [0.29, 0.717) is 5.69 Å². The molecule has 7 nitrogen and oxygen atoms in total. The molecule has 1 aromatic carbocycles. The molecule has 0 saturated heterocycles. The molecule has 1 amide bonds. The van der Waals surface area contributed by atoms with Gasteiger partial charge in [-0.1, -0.05) is 18.2 Å². The zero-order valence-electron chi connectivity index (χ0n) is 13.8. The Bertz CT molecular complexity index is 678. The molecular weight excluding hydrogens is 377 g/mol. The van der Waals surface area contributed by atoms with E-state index in [1.165, 1.54) is 31.2 Å². The van der Waals surface area contributed by atoms with Gasteiger partial charge in [-0.25, -0.2) is 0 Å². The Morgan fingerprint density at radius 1 is 1.33 bits per heavy atom. The van der Waals surface area contributed by atoms with Crippen LogP contribution in [0.1, 0.15) is 27.2 Å². The van der Waals surface area contributed by atoms with Crippen LogP contribution in [0.3, 0.4) is 0 Å². The van der Waals surface area contributed by atoms with Crippen LogP contribution in [0.5, 0.6) is 0 Å². The Morgan fingerprint density at radius 2 is 1.92 bits per heavy atom. The smallest absolute Gasteiger partial charge is 0.0863 e. The second-order valence-electron chi connectivity index (χ2n) is 5.59. The molecule has 0 fully saturated rings. The van der Waals surface area contributed by atoms with Crippen molar-refractivity contribution in [3.8, 4) is 0 Å². The number of anilines is 1. The first kappa shape index (κ1) is 20.4. The summed E-state index contributed by atoms with van der Waals surface area (Å²) in [7, 11) is 0. The van der Waals surface area contributed by atoms with Crippen LogP contribution in [0, 0.1) is 0 Å². The standard InChI is InChI=1S/C8H10AsNO5.C8H12O/c1-6(11)10-8-4-2-7(3-5-8)9(12,13)15-14;1-7-5-3-4-6-8(7,2)9/h2-5,14H,1H3,(H,10,11)(H,12,13);3-5,9H,6H2,1-2H3. The normalized spacial score (nSPS) is 21.8. The summed E-state index contributed by atoms with van der Waals surface area (Å²) in [5, 5.41) is 20.2. The predicted octanol–water partition coefficient (Wildman–Crippen LogP) is 1.35. The number of hydrogen-bond acceptors (Lipinski definition) is 5. The minimum absolute atomic E-state index is 0.00438. The molecule has 0 heterocycles. The monoisotopic (exact) mass is 399 g/mol. The second kappa shape index (κ2) is 8.46. The van der Waals surface area contributed by atoms with Crippen molar-refractivity contribution in [1.29, 1.82) is 0 Å². The van der Waals surface area contributed by atoms with Gasteiger partial charge in [0.1, 0.15) is 0 Å². The van der Waals surface area contributed by atoms with Gasteiger partial charge in [-0.05, 0) is 25.8 Å². The molecule has 0 saturated carbocycles. The maximum absolute atomic E-state index is 11.2. The summed E-state index contributed by atoms with van der Waals surface area (Å²) in [6.45, 7) is 5.14. The number of carbonyl (C=O) groups is 1. The van der Waals surface area contributed by atoms with E-state index in [1.54, 1.807) is 0 Å². The molecule has 1 aliphatic carbocycles. The van der Waals surface area contributed by atoms with Gasteiger partial charge < -0.3 is 5.11 Å². The Labute approximate surface area is 143 Å². The zero-order valence-corrected chi connectivity index (χ0v) is 15.6. The van der Waals surface area contributed by atoms with Gasteiger partial charge in [0.2, 0.25) is 0 Å². The van der Waals surface area contributed by atoms with E-state index in [4.69, 9.17) is 9.35 Å². The fraction of sp³-hybridized carbons (Fsp3) is 0.312. The van der Waals surface area contributed by atoms with Crippen LogP contribution in [0.25, 0.3) is 0 Å². The number of hydrogen-bond donors (Lipinski definition) is 4. The Kier molecular flexibility index (Phi) is 7.20. The van der Waals surface area contributed by atoms with Crippen molar-refractivity contribution < 1.29 is 26.9 Å². The van der Waals surface area contributed by atoms with Gasteiger partial charge >= 0.3 is 88.4 Å². The predicted molar refractivity (Wildman–Crippen MR) is 90.9 cm³/mol. The van der Waals surface area contributed by atoms with Gasteiger partial charge in [-0.3, -0.25) is 0 Å². The summed E-state index contributed by atoms with van der Waals surface area (Å²) in [4.78, 5) is 10.7. The van der Waals surface area contributed by atoms with Crippen LogP contribution >= 0.6 is 0 Å². The largest absolute Gasteiger partial charge is 0.385 e. The third kappa shape index (κ3) is 6.11. The third-order valence-corrected chi connectivity index (χ3v) is 5.93. The van der Waals surface area contributed by atoms with Gasteiger partial charge in [0, 0.05) is 0 Å². The Morgan fingerprint density at radius 3 is 2.29 bits per heavy atom. The second-order valence-corrected chi connectivity index (χ2v) is 9.20. The summed E-state index contributed by atoms with van der Waals surface area (Å²) in [6, 6.07) is 5.50. The molecule has 8 heteroatoms. The van der Waals surface area contributed by atoms with Gasteiger partial charge in [0.05, 0.1) is 5.60 Å². The van der Waals surface area contributed by atoms with Crippen LogP contribution in [-0.4, -0.2) is 40.1 Å². The van der Waals surface area contributed by atoms with Gasteiger partial charge in [-0.2, -0.15) is 0 Å². The van der Waals surface area contributed by atoms with Crippen molar-refractivity contribution in [1.82, 2.24) is 0 Å². The van der Waals surface area contributed by atoms with Crippen LogP contribution in [0.15, 0.2) is 48.1 Å². The molecule has 132 valence electrons. The summed E-state index contributed by atoms with van der Waals surface area (Å²) in [5.74, 6) is -0.237. The van der Waals surface area contributed by atoms with E-state index >= 15 is 0 Å². The van der Waals surface area contributed by atoms with Crippen LogP contribution in [0.2, 0.25) is 0 Å². The average Bonchev–Trinajstić information content (AvgIpc) is 2.51. The molecular formula is C16H22AsNO6. The SMILES string of the molecule is CC(=O)Nc1ccc([As](=O)(O)OO)cc1.CC1=CC=CCC1(C)O. The topological polar surface area (TPSA) is 116 Å². The van der Waals surface area contributed by atoms with Crippen molar-refractivity contribution in [2.24, 2.45) is 0 Å². The van der Waals surface area contributed by atoms with Gasteiger partial charge in [0.25, 0.3) is 0 Å². The molecule has 2 atom stereocenters. The van der Waals surface area contributed by atoms with Crippen molar-refractivity contribution >= 4 is 30.1 Å². The number of allylic oxidation sites excluding steroid dienone is 2. The molecule has 0 aromatic heterocycles. The van der Waals surface area contributed by atoms with Crippen molar-refractivity contribution in [3.63, 3.8) is 0 Å². The first-order valence-corrected chi connectivity index (χ1v) is 10.5. The maximum Gasteiger partial charge on any atom is 0.0863 e. The number of amides is 1. The summed E-state index contributed by atoms with van der Waals surface area (Å²) in [6.07, 6.45) is 6.65. The number of aliphatic hydroxyl groups is 1. The van der Waals surface area contributed by atoms with Crippen molar-refractivity contribution in [2.75, 3.05) is 5.32 Å². The fourth-order valence-corrected chi connectivity index (χ4v) is 3.14. The quantitative estimate of drug-likeness (QED) is 0.346. The van der Waals surface area contributed by atoms with Crippen molar-refractivity contribution in [2.45, 2.75) is 32.8 Å². The molecule has 1 aromatic rings. The first-order valence-electron chi connectivity index (χ1n) is 7.19. The minimum Gasteiger partial charge on any atom is -0.385 e. The van der Waals surface area contributed by atoms with E-state index in [2.05, 4.69) is 9.19 Å². The molecule has 2 rings (SSSR count). The average molecular weight is 399 g/mol. The zero-order chi connectivity index (χ0) is 18.4. The molecule has 0 radical (unpaired) electrons. The van der Waals surface area contributed by atoms with E-state index in [-0.39, 0.29) is 10.3 Å². The molecule has 2 unspecified atom stereocenters. The van der Waals surface area contributed by atoms with Gasteiger partial charge in [0.15, 0.2) is 0 Å². The van der Waals surface area contributed by atoms with Crippen molar-refractivity contribution in [3.05, 3.63) is 48.1 Å². The molecule has 0 aliphatic heterocycles. The molecule has 0 bridgehead atoms. The minimum atomic E-state index is -4.76. The summed E-state index contributed by atoms with van der Waals surface area (Å²) in [5.41, 5.74) is 0.957. The number of rotatable bonds is 3. The van der Waals surface area contributed by atoms with Crippen LogP contribution in [-0.2, 0) is 12.4 Å². The van der Waals surface area contributed by atoms with Crippen LogP contribution in [0.4, 0.5) is 5.69 Å². The Balaban J connectivity index is 0.000000272. The number of nitrogens with one attached hydrogen (secondary N) is 1.